The summed E-state index contributed by atoms with van der Waals surface area (Å²) in [4.78, 5) is 1.95. The van der Waals surface area contributed by atoms with E-state index in [1.165, 1.54) is 11.6 Å². The normalized spacial score (nSPS) is 16.2. The first kappa shape index (κ1) is 16.4. The van der Waals surface area contributed by atoms with Gasteiger partial charge in [-0.15, -0.1) is 0 Å². The van der Waals surface area contributed by atoms with Gasteiger partial charge in [0.2, 0.25) is 0 Å². The minimum Gasteiger partial charge on any atom is -0.371 e. The summed E-state index contributed by atoms with van der Waals surface area (Å²) in [6.07, 6.45) is 1.06. The zero-order chi connectivity index (χ0) is 17.3. The first-order valence-corrected chi connectivity index (χ1v) is 7.73. The highest BCUT2D eigenvalue weighted by atomic mass is 19.4. The third-order valence-corrected chi connectivity index (χ3v) is 4.49. The number of alkyl halides is 3. The van der Waals surface area contributed by atoms with Crippen LogP contribution in [0.1, 0.15) is 35.4 Å². The molecule has 4 nitrogen and oxygen atoms in total. The van der Waals surface area contributed by atoms with Crippen LogP contribution in [-0.2, 0) is 13.2 Å². The van der Waals surface area contributed by atoms with Gasteiger partial charge in [-0.05, 0) is 42.5 Å². The number of hydrogen-bond acceptors (Lipinski definition) is 3. The first-order valence-electron chi connectivity index (χ1n) is 7.73. The molecule has 126 valence electrons. The molecule has 0 bridgehead atoms. The van der Waals surface area contributed by atoms with Crippen LogP contribution >= 0.6 is 0 Å². The Hall–Kier alpha value is -2.49. The molecule has 0 radical (unpaired) electrons. The van der Waals surface area contributed by atoms with Gasteiger partial charge in [-0.25, -0.2) is 0 Å². The Morgan fingerprint density at radius 2 is 1.96 bits per heavy atom. The van der Waals surface area contributed by atoms with Crippen molar-refractivity contribution in [1.82, 2.24) is 9.78 Å². The van der Waals surface area contributed by atoms with Crippen molar-refractivity contribution in [2.75, 3.05) is 18.0 Å². The first-order chi connectivity index (χ1) is 11.4. The molecular weight excluding hydrogens is 317 g/mol. The molecule has 7 heteroatoms. The molecule has 0 atom stereocenters. The molecule has 1 fully saturated rings. The van der Waals surface area contributed by atoms with Gasteiger partial charge in [-0.2, -0.15) is 23.5 Å². The van der Waals surface area contributed by atoms with E-state index in [-0.39, 0.29) is 5.56 Å². The predicted octanol–water partition coefficient (Wildman–Crippen LogP) is 3.69. The van der Waals surface area contributed by atoms with Crippen molar-refractivity contribution in [2.24, 2.45) is 7.05 Å². The second-order valence-electron chi connectivity index (χ2n) is 6.05. The lowest BCUT2D eigenvalue weighted by atomic mass is 9.91. The van der Waals surface area contributed by atoms with Crippen molar-refractivity contribution >= 4 is 5.69 Å². The van der Waals surface area contributed by atoms with Gasteiger partial charge in [-0.1, -0.05) is 0 Å². The van der Waals surface area contributed by atoms with Crippen molar-refractivity contribution < 1.29 is 13.2 Å². The Labute approximate surface area is 138 Å². The molecule has 1 aromatic heterocycles. The summed E-state index contributed by atoms with van der Waals surface area (Å²) < 4.78 is 41.0. The molecule has 0 spiro atoms. The number of benzene rings is 1. The zero-order valence-electron chi connectivity index (χ0n) is 13.2. The Morgan fingerprint density at radius 3 is 2.50 bits per heavy atom. The zero-order valence-corrected chi connectivity index (χ0v) is 13.2. The lowest BCUT2D eigenvalue weighted by molar-refractivity contribution is -0.137. The topological polar surface area (TPSA) is 44.9 Å². The molecule has 1 aliphatic heterocycles. The number of halogens is 3. The number of piperidine rings is 1. The highest BCUT2D eigenvalue weighted by Gasteiger charge is 2.34. The van der Waals surface area contributed by atoms with Gasteiger partial charge in [0, 0.05) is 32.0 Å². The highest BCUT2D eigenvalue weighted by Crippen LogP contribution is 2.36. The maximum atomic E-state index is 13.1. The summed E-state index contributed by atoms with van der Waals surface area (Å²) in [5, 5.41) is 13.0. The Morgan fingerprint density at radius 1 is 1.25 bits per heavy atom. The van der Waals surface area contributed by atoms with E-state index in [2.05, 4.69) is 5.10 Å². The molecule has 2 aromatic rings. The number of anilines is 1. The van der Waals surface area contributed by atoms with Crippen molar-refractivity contribution in [1.29, 1.82) is 5.26 Å². The van der Waals surface area contributed by atoms with E-state index in [4.69, 9.17) is 5.26 Å². The van der Waals surface area contributed by atoms with Crippen LogP contribution in [0.15, 0.2) is 30.6 Å². The number of nitrogens with zero attached hydrogens (tertiary/aromatic N) is 4. The molecule has 0 aliphatic carbocycles. The number of rotatable bonds is 2. The fourth-order valence-electron chi connectivity index (χ4n) is 3.18. The van der Waals surface area contributed by atoms with Gasteiger partial charge in [0.15, 0.2) is 0 Å². The van der Waals surface area contributed by atoms with E-state index in [0.29, 0.717) is 24.7 Å². The smallest absolute Gasteiger partial charge is 0.371 e. The summed E-state index contributed by atoms with van der Waals surface area (Å²) >= 11 is 0. The lowest BCUT2D eigenvalue weighted by Gasteiger charge is -2.33. The van der Waals surface area contributed by atoms with E-state index in [1.54, 1.807) is 16.8 Å². The second kappa shape index (κ2) is 6.19. The van der Waals surface area contributed by atoms with E-state index in [9.17, 15) is 13.2 Å². The van der Waals surface area contributed by atoms with Crippen LogP contribution in [-0.4, -0.2) is 22.9 Å². The summed E-state index contributed by atoms with van der Waals surface area (Å²) in [7, 11) is 1.87. The van der Waals surface area contributed by atoms with Crippen molar-refractivity contribution in [3.8, 4) is 6.07 Å². The fraction of sp³-hybridized carbons (Fsp3) is 0.412. The molecule has 24 heavy (non-hydrogen) atoms. The predicted molar refractivity (Wildman–Crippen MR) is 83.6 cm³/mol. The summed E-state index contributed by atoms with van der Waals surface area (Å²) in [6.45, 7) is 1.37. The largest absolute Gasteiger partial charge is 0.417 e. The quantitative estimate of drug-likeness (QED) is 0.841. The average molecular weight is 334 g/mol. The average Bonchev–Trinajstić information content (AvgIpc) is 3.00. The Kier molecular flexibility index (Phi) is 4.22. The minimum absolute atomic E-state index is 0.337. The van der Waals surface area contributed by atoms with Crippen molar-refractivity contribution in [3.05, 3.63) is 47.3 Å². The van der Waals surface area contributed by atoms with Crippen LogP contribution in [0.4, 0.5) is 18.9 Å². The van der Waals surface area contributed by atoms with Crippen molar-refractivity contribution in [2.45, 2.75) is 24.9 Å². The van der Waals surface area contributed by atoms with Crippen LogP contribution in [0.3, 0.4) is 0 Å². The third-order valence-electron chi connectivity index (χ3n) is 4.49. The van der Waals surface area contributed by atoms with E-state index < -0.39 is 11.7 Å². The number of hydrogen-bond donors (Lipinski definition) is 0. The van der Waals surface area contributed by atoms with Crippen molar-refractivity contribution in [3.63, 3.8) is 0 Å². The second-order valence-corrected chi connectivity index (χ2v) is 6.05. The maximum absolute atomic E-state index is 13.1. The lowest BCUT2D eigenvalue weighted by Crippen LogP contribution is -2.33. The SMILES string of the molecule is Cn1cc(C2CCN(c3ccc(C#N)c(C(F)(F)F)c3)CC2)cn1. The summed E-state index contributed by atoms with van der Waals surface area (Å²) in [5.41, 5.74) is 0.493. The van der Waals surface area contributed by atoms with Crippen LogP contribution in [0.25, 0.3) is 0 Å². The number of aryl methyl sites for hydroxylation is 1. The molecule has 0 unspecified atom stereocenters. The molecule has 1 aliphatic rings. The fourth-order valence-corrected chi connectivity index (χ4v) is 3.18. The molecule has 0 N–H and O–H groups in total. The summed E-state index contributed by atoms with van der Waals surface area (Å²) in [6, 6.07) is 5.55. The van der Waals surface area contributed by atoms with E-state index in [1.807, 2.05) is 24.3 Å². The van der Waals surface area contributed by atoms with Crippen LogP contribution in [0, 0.1) is 11.3 Å². The van der Waals surface area contributed by atoms with Gasteiger partial charge in [-0.3, -0.25) is 4.68 Å². The standard InChI is InChI=1S/C17H17F3N4/c1-23-11-14(10-22-23)12-4-6-24(7-5-12)15-3-2-13(9-21)16(8-15)17(18,19)20/h2-3,8,10-12H,4-7H2,1H3. The summed E-state index contributed by atoms with van der Waals surface area (Å²) in [5.74, 6) is 0.385. The number of nitriles is 1. The molecular formula is C17H17F3N4. The van der Waals surface area contributed by atoms with Gasteiger partial charge < -0.3 is 4.90 Å². The maximum Gasteiger partial charge on any atom is 0.417 e. The van der Waals surface area contributed by atoms with Gasteiger partial charge in [0.1, 0.15) is 0 Å². The molecule has 0 saturated carbocycles. The number of aromatic nitrogens is 2. The Balaban J connectivity index is 1.76. The van der Waals surface area contributed by atoms with Crippen LogP contribution < -0.4 is 4.90 Å². The third kappa shape index (κ3) is 3.23. The van der Waals surface area contributed by atoms with Gasteiger partial charge in [0.05, 0.1) is 23.4 Å². The molecule has 1 saturated heterocycles. The Bertz CT molecular complexity index is 765. The molecule has 0 amide bonds. The molecule has 3 rings (SSSR count). The van der Waals surface area contributed by atoms with E-state index in [0.717, 1.165) is 18.9 Å². The highest BCUT2D eigenvalue weighted by molar-refractivity contribution is 5.55. The molecule has 2 heterocycles. The van der Waals surface area contributed by atoms with Gasteiger partial charge >= 0.3 is 6.18 Å². The van der Waals surface area contributed by atoms with Gasteiger partial charge in [0.25, 0.3) is 0 Å². The minimum atomic E-state index is -4.52. The molecule has 1 aromatic carbocycles. The van der Waals surface area contributed by atoms with Crippen LogP contribution in [0.2, 0.25) is 0 Å². The van der Waals surface area contributed by atoms with Crippen LogP contribution in [0.5, 0.6) is 0 Å². The monoisotopic (exact) mass is 334 g/mol. The van der Waals surface area contributed by atoms with E-state index >= 15 is 0 Å².